The second-order valence-electron chi connectivity index (χ2n) is 8.87. The zero-order chi connectivity index (χ0) is 25.6. The lowest BCUT2D eigenvalue weighted by Gasteiger charge is -2.31. The van der Waals surface area contributed by atoms with Crippen LogP contribution in [-0.2, 0) is 27.4 Å². The van der Waals surface area contributed by atoms with Crippen molar-refractivity contribution in [3.8, 4) is 5.75 Å². The van der Waals surface area contributed by atoms with Crippen molar-refractivity contribution in [3.63, 3.8) is 0 Å². The molecule has 3 heterocycles. The number of rotatable bonds is 10. The van der Waals surface area contributed by atoms with Gasteiger partial charge in [-0.25, -0.2) is 4.68 Å². The lowest BCUT2D eigenvalue weighted by molar-refractivity contribution is -0.142. The van der Waals surface area contributed by atoms with Crippen LogP contribution >= 0.6 is 11.3 Å². The summed E-state index contributed by atoms with van der Waals surface area (Å²) in [5.74, 6) is 0.146. The number of carbonyl (C=O) groups excluding carboxylic acids is 2. The number of methoxy groups -OCH3 is 1. The maximum absolute atomic E-state index is 14.0. The van der Waals surface area contributed by atoms with Crippen LogP contribution in [0, 0.1) is 0 Å². The van der Waals surface area contributed by atoms with Gasteiger partial charge in [-0.15, -0.1) is 16.4 Å². The molecular formula is C27H29N5O4S. The summed E-state index contributed by atoms with van der Waals surface area (Å²) in [6.45, 7) is 1.24. The number of hydrogen-bond donors (Lipinski definition) is 1. The van der Waals surface area contributed by atoms with E-state index in [1.807, 2.05) is 66.0 Å². The molecule has 2 aromatic heterocycles. The molecule has 0 radical (unpaired) electrons. The van der Waals surface area contributed by atoms with Crippen LogP contribution in [0.4, 0.5) is 0 Å². The van der Waals surface area contributed by atoms with Gasteiger partial charge in [-0.3, -0.25) is 9.59 Å². The van der Waals surface area contributed by atoms with E-state index in [0.29, 0.717) is 24.4 Å². The molecule has 1 aliphatic rings. The number of fused-ring (bicyclic) bond motifs is 1. The second-order valence-corrected chi connectivity index (χ2v) is 9.85. The zero-order valence-electron chi connectivity index (χ0n) is 20.6. The SMILES string of the molecule is COc1ccccc1CN(C(=O)Cn1nnc2ccccc21)[C@@H](C(=O)NC[C@@H]1CCCO1)c1cccs1. The van der Waals surface area contributed by atoms with E-state index in [0.717, 1.165) is 28.8 Å². The topological polar surface area (TPSA) is 98.6 Å². The highest BCUT2D eigenvalue weighted by molar-refractivity contribution is 7.10. The van der Waals surface area contributed by atoms with Gasteiger partial charge in [0.2, 0.25) is 11.8 Å². The second kappa shape index (κ2) is 11.5. The molecule has 1 saturated heterocycles. The van der Waals surface area contributed by atoms with Crippen LogP contribution in [0.3, 0.4) is 0 Å². The first-order valence-corrected chi connectivity index (χ1v) is 13.1. The van der Waals surface area contributed by atoms with Crippen LogP contribution in [-0.4, -0.2) is 58.1 Å². The molecule has 0 aliphatic carbocycles. The van der Waals surface area contributed by atoms with Crippen LogP contribution in [0.5, 0.6) is 5.75 Å². The molecule has 1 N–H and O–H groups in total. The molecule has 0 spiro atoms. The maximum atomic E-state index is 14.0. The molecule has 9 nitrogen and oxygen atoms in total. The van der Waals surface area contributed by atoms with Gasteiger partial charge in [-0.1, -0.05) is 41.6 Å². The Morgan fingerprint density at radius 2 is 2.03 bits per heavy atom. The third-order valence-electron chi connectivity index (χ3n) is 6.46. The molecule has 0 saturated carbocycles. The van der Waals surface area contributed by atoms with Gasteiger partial charge >= 0.3 is 0 Å². The van der Waals surface area contributed by atoms with Gasteiger partial charge in [-0.05, 0) is 42.5 Å². The van der Waals surface area contributed by atoms with Gasteiger partial charge in [0.05, 0.1) is 25.3 Å². The first kappa shape index (κ1) is 24.9. The molecule has 4 aromatic rings. The average molecular weight is 520 g/mol. The minimum Gasteiger partial charge on any atom is -0.496 e. The van der Waals surface area contributed by atoms with Gasteiger partial charge in [0.15, 0.2) is 0 Å². The summed E-state index contributed by atoms with van der Waals surface area (Å²) in [5.41, 5.74) is 2.26. The molecule has 10 heteroatoms. The highest BCUT2D eigenvalue weighted by atomic mass is 32.1. The van der Waals surface area contributed by atoms with Crippen LogP contribution in [0.25, 0.3) is 11.0 Å². The molecule has 0 bridgehead atoms. The van der Waals surface area contributed by atoms with Crippen molar-refractivity contribution >= 4 is 34.2 Å². The molecule has 1 aliphatic heterocycles. The zero-order valence-corrected chi connectivity index (χ0v) is 21.4. The number of ether oxygens (including phenoxy) is 2. The van der Waals surface area contributed by atoms with E-state index in [-0.39, 0.29) is 31.0 Å². The van der Waals surface area contributed by atoms with Crippen molar-refractivity contribution in [2.24, 2.45) is 0 Å². The number of para-hydroxylation sites is 2. The van der Waals surface area contributed by atoms with E-state index in [1.165, 1.54) is 11.3 Å². The van der Waals surface area contributed by atoms with Crippen molar-refractivity contribution in [1.82, 2.24) is 25.2 Å². The number of aromatic nitrogens is 3. The van der Waals surface area contributed by atoms with Gasteiger partial charge in [-0.2, -0.15) is 0 Å². The number of nitrogens with zero attached hydrogens (tertiary/aromatic N) is 4. The molecule has 192 valence electrons. The maximum Gasteiger partial charge on any atom is 0.248 e. The Kier molecular flexibility index (Phi) is 7.76. The number of amides is 2. The predicted molar refractivity (Wildman–Crippen MR) is 140 cm³/mol. The Balaban J connectivity index is 1.48. The third-order valence-corrected chi connectivity index (χ3v) is 7.38. The molecule has 0 unspecified atom stereocenters. The smallest absolute Gasteiger partial charge is 0.248 e. The summed E-state index contributed by atoms with van der Waals surface area (Å²) < 4.78 is 12.8. The summed E-state index contributed by atoms with van der Waals surface area (Å²) in [6, 6.07) is 17.9. The van der Waals surface area contributed by atoms with Crippen molar-refractivity contribution in [2.75, 3.05) is 20.3 Å². The Morgan fingerprint density at radius 3 is 2.81 bits per heavy atom. The molecule has 2 amide bonds. The lowest BCUT2D eigenvalue weighted by Crippen LogP contribution is -2.45. The molecular weight excluding hydrogens is 490 g/mol. The number of nitrogens with one attached hydrogen (secondary N) is 1. The summed E-state index contributed by atoms with van der Waals surface area (Å²) >= 11 is 1.44. The number of thiophene rings is 1. The fourth-order valence-corrected chi connectivity index (χ4v) is 5.42. The molecule has 5 rings (SSSR count). The minimum atomic E-state index is -0.825. The van der Waals surface area contributed by atoms with Crippen LogP contribution in [0.15, 0.2) is 66.0 Å². The van der Waals surface area contributed by atoms with Crippen molar-refractivity contribution in [1.29, 1.82) is 0 Å². The Morgan fingerprint density at radius 1 is 1.19 bits per heavy atom. The number of carbonyl (C=O) groups is 2. The monoisotopic (exact) mass is 519 g/mol. The van der Waals surface area contributed by atoms with E-state index in [9.17, 15) is 9.59 Å². The lowest BCUT2D eigenvalue weighted by atomic mass is 10.1. The van der Waals surface area contributed by atoms with Crippen molar-refractivity contribution < 1.29 is 19.1 Å². The third kappa shape index (κ3) is 5.65. The molecule has 37 heavy (non-hydrogen) atoms. The van der Waals surface area contributed by atoms with E-state index in [1.54, 1.807) is 16.7 Å². The largest absolute Gasteiger partial charge is 0.496 e. The summed E-state index contributed by atoms with van der Waals surface area (Å²) in [4.78, 5) is 30.0. The van der Waals surface area contributed by atoms with Gasteiger partial charge in [0.25, 0.3) is 0 Å². The van der Waals surface area contributed by atoms with E-state index in [2.05, 4.69) is 15.6 Å². The summed E-state index contributed by atoms with van der Waals surface area (Å²) in [5, 5.41) is 13.3. The van der Waals surface area contributed by atoms with Crippen molar-refractivity contribution in [2.45, 2.75) is 38.1 Å². The minimum absolute atomic E-state index is 0.00665. The molecule has 2 atom stereocenters. The highest BCUT2D eigenvalue weighted by Crippen LogP contribution is 2.30. The fraction of sp³-hybridized carbons (Fsp3) is 0.333. The van der Waals surface area contributed by atoms with Crippen LogP contribution in [0.1, 0.15) is 29.3 Å². The predicted octanol–water partition coefficient (Wildman–Crippen LogP) is 3.57. The first-order chi connectivity index (χ1) is 18.1. The quantitative estimate of drug-likeness (QED) is 0.344. The fourth-order valence-electron chi connectivity index (χ4n) is 4.58. The van der Waals surface area contributed by atoms with Crippen LogP contribution < -0.4 is 10.1 Å². The van der Waals surface area contributed by atoms with Crippen molar-refractivity contribution in [3.05, 3.63) is 76.5 Å². The van der Waals surface area contributed by atoms with Gasteiger partial charge in [0.1, 0.15) is 23.9 Å². The highest BCUT2D eigenvalue weighted by Gasteiger charge is 2.34. The first-order valence-electron chi connectivity index (χ1n) is 12.3. The summed E-state index contributed by atoms with van der Waals surface area (Å²) in [7, 11) is 1.59. The van der Waals surface area contributed by atoms with Crippen LogP contribution in [0.2, 0.25) is 0 Å². The van der Waals surface area contributed by atoms with E-state index >= 15 is 0 Å². The Hall–Kier alpha value is -3.76. The molecule has 1 fully saturated rings. The Labute approximate surface area is 219 Å². The van der Waals surface area contributed by atoms with E-state index in [4.69, 9.17) is 9.47 Å². The average Bonchev–Trinajstić information content (AvgIpc) is 3.71. The number of hydrogen-bond acceptors (Lipinski definition) is 7. The number of benzene rings is 2. The standard InChI is InChI=1S/C27H29N5O4S/c1-35-23-12-5-2-8-19(23)17-31(25(33)18-32-22-11-4-3-10-21(22)29-30-32)26(24-13-7-15-37-24)27(34)28-16-20-9-6-14-36-20/h2-5,7-8,10-13,15,20,26H,6,9,14,16-18H2,1H3,(H,28,34)/t20-,26+/m0/s1. The van der Waals surface area contributed by atoms with Gasteiger partial charge < -0.3 is 19.7 Å². The Bertz CT molecular complexity index is 1350. The molecule has 2 aromatic carbocycles. The van der Waals surface area contributed by atoms with E-state index < -0.39 is 6.04 Å². The van der Waals surface area contributed by atoms with Gasteiger partial charge in [0, 0.05) is 23.6 Å². The normalized spacial score (nSPS) is 16.0. The summed E-state index contributed by atoms with van der Waals surface area (Å²) in [6.07, 6.45) is 1.89.